The van der Waals surface area contributed by atoms with E-state index in [9.17, 15) is 9.18 Å². The fraction of sp³-hybridized carbons (Fsp3) is 0.533. The molecule has 1 aliphatic carbocycles. The fourth-order valence-electron chi connectivity index (χ4n) is 2.20. The number of halogens is 2. The van der Waals surface area contributed by atoms with Crippen LogP contribution < -0.4 is 10.6 Å². The van der Waals surface area contributed by atoms with Crippen LogP contribution in [-0.2, 0) is 4.74 Å². The van der Waals surface area contributed by atoms with E-state index in [0.717, 1.165) is 18.5 Å². The largest absolute Gasteiger partial charge is 0.444 e. The Balaban J connectivity index is 1.75. The van der Waals surface area contributed by atoms with E-state index < -0.39 is 5.60 Å². The zero-order valence-corrected chi connectivity index (χ0v) is 14.0. The molecule has 0 heterocycles. The molecule has 1 amide bonds. The molecule has 1 saturated carbocycles. The third kappa shape index (κ3) is 5.19. The van der Waals surface area contributed by atoms with E-state index in [2.05, 4.69) is 26.6 Å². The van der Waals surface area contributed by atoms with Gasteiger partial charge in [-0.15, -0.1) is 0 Å². The van der Waals surface area contributed by atoms with Crippen molar-refractivity contribution in [2.24, 2.45) is 0 Å². The number of anilines is 1. The average Bonchev–Trinajstić information content (AvgIpc) is 2.21. The molecule has 1 fully saturated rings. The van der Waals surface area contributed by atoms with Crippen LogP contribution in [-0.4, -0.2) is 23.8 Å². The summed E-state index contributed by atoms with van der Waals surface area (Å²) in [5.74, 6) is -0.283. The lowest BCUT2D eigenvalue weighted by atomic mass is 9.86. The molecule has 21 heavy (non-hydrogen) atoms. The Morgan fingerprint density at radius 3 is 2.52 bits per heavy atom. The minimum Gasteiger partial charge on any atom is -0.444 e. The normalized spacial score (nSPS) is 21.4. The second kappa shape index (κ2) is 6.22. The number of ether oxygens (including phenoxy) is 1. The molecular formula is C15H20BrFN2O2. The van der Waals surface area contributed by atoms with Gasteiger partial charge in [0.1, 0.15) is 11.4 Å². The van der Waals surface area contributed by atoms with Crippen molar-refractivity contribution in [1.82, 2.24) is 5.32 Å². The summed E-state index contributed by atoms with van der Waals surface area (Å²) in [6.07, 6.45) is 1.21. The van der Waals surface area contributed by atoms with Crippen LogP contribution in [0.25, 0.3) is 0 Å². The number of nitrogens with one attached hydrogen (secondary N) is 2. The number of rotatable bonds is 3. The van der Waals surface area contributed by atoms with Crippen molar-refractivity contribution in [3.63, 3.8) is 0 Å². The van der Waals surface area contributed by atoms with Gasteiger partial charge in [-0.25, -0.2) is 9.18 Å². The molecule has 0 spiro atoms. The van der Waals surface area contributed by atoms with Crippen LogP contribution in [0, 0.1) is 5.82 Å². The van der Waals surface area contributed by atoms with Crippen LogP contribution >= 0.6 is 15.9 Å². The second-order valence-corrected chi connectivity index (χ2v) is 7.23. The van der Waals surface area contributed by atoms with Crippen LogP contribution in [0.4, 0.5) is 14.9 Å². The highest BCUT2D eigenvalue weighted by Gasteiger charge is 2.31. The van der Waals surface area contributed by atoms with Gasteiger partial charge in [-0.1, -0.05) is 15.9 Å². The summed E-state index contributed by atoms with van der Waals surface area (Å²) in [5.41, 5.74) is 0.252. The van der Waals surface area contributed by atoms with Crippen molar-refractivity contribution < 1.29 is 13.9 Å². The minimum absolute atomic E-state index is 0.106. The smallest absolute Gasteiger partial charge is 0.407 e. The zero-order chi connectivity index (χ0) is 15.6. The first-order valence-electron chi connectivity index (χ1n) is 6.93. The van der Waals surface area contributed by atoms with Crippen molar-refractivity contribution in [2.75, 3.05) is 5.32 Å². The van der Waals surface area contributed by atoms with Crippen molar-refractivity contribution in [2.45, 2.75) is 51.3 Å². The molecule has 4 nitrogen and oxygen atoms in total. The van der Waals surface area contributed by atoms with Crippen molar-refractivity contribution in [3.8, 4) is 0 Å². The summed E-state index contributed by atoms with van der Waals surface area (Å²) in [6, 6.07) is 5.04. The van der Waals surface area contributed by atoms with Crippen LogP contribution in [0.2, 0.25) is 0 Å². The van der Waals surface area contributed by atoms with E-state index in [1.165, 1.54) is 12.1 Å². The first-order chi connectivity index (χ1) is 9.71. The number of carbonyl (C=O) groups excluding carboxylic acids is 1. The Morgan fingerprint density at radius 2 is 1.95 bits per heavy atom. The minimum atomic E-state index is -0.487. The predicted molar refractivity (Wildman–Crippen MR) is 83.9 cm³/mol. The Bertz CT molecular complexity index is 505. The molecule has 6 heteroatoms. The summed E-state index contributed by atoms with van der Waals surface area (Å²) in [6.45, 7) is 5.50. The quantitative estimate of drug-likeness (QED) is 0.856. The molecule has 116 valence electrons. The van der Waals surface area contributed by atoms with E-state index >= 15 is 0 Å². The molecular weight excluding hydrogens is 339 g/mol. The lowest BCUT2D eigenvalue weighted by Gasteiger charge is -2.37. The van der Waals surface area contributed by atoms with E-state index in [1.807, 2.05) is 26.8 Å². The molecule has 0 aromatic heterocycles. The van der Waals surface area contributed by atoms with Gasteiger partial charge in [0.25, 0.3) is 0 Å². The number of hydrogen-bond acceptors (Lipinski definition) is 3. The molecule has 0 saturated heterocycles. The highest BCUT2D eigenvalue weighted by molar-refractivity contribution is 9.10. The second-order valence-electron chi connectivity index (χ2n) is 6.31. The van der Waals surface area contributed by atoms with Crippen molar-refractivity contribution in [1.29, 1.82) is 0 Å². The molecule has 0 unspecified atom stereocenters. The molecule has 0 aliphatic heterocycles. The zero-order valence-electron chi connectivity index (χ0n) is 12.4. The highest BCUT2D eigenvalue weighted by Crippen LogP contribution is 2.26. The number of hydrogen-bond donors (Lipinski definition) is 2. The van der Waals surface area contributed by atoms with Crippen molar-refractivity contribution >= 4 is 27.7 Å². The first kappa shape index (κ1) is 16.1. The Kier molecular flexibility index (Phi) is 4.76. The molecule has 0 bridgehead atoms. The van der Waals surface area contributed by atoms with Gasteiger partial charge in [0, 0.05) is 22.2 Å². The molecule has 2 rings (SSSR count). The molecule has 1 aliphatic rings. The van der Waals surface area contributed by atoms with E-state index in [1.54, 1.807) is 0 Å². The first-order valence-corrected chi connectivity index (χ1v) is 7.73. The van der Waals surface area contributed by atoms with Crippen LogP contribution in [0.15, 0.2) is 22.7 Å². The third-order valence-corrected chi connectivity index (χ3v) is 3.55. The van der Waals surface area contributed by atoms with Gasteiger partial charge in [0.15, 0.2) is 0 Å². The summed E-state index contributed by atoms with van der Waals surface area (Å²) in [4.78, 5) is 11.6. The van der Waals surface area contributed by atoms with Gasteiger partial charge in [-0.05, 0) is 51.8 Å². The lowest BCUT2D eigenvalue weighted by Crippen LogP contribution is -2.50. The Labute approximate surface area is 132 Å². The number of amides is 1. The maximum atomic E-state index is 13.3. The van der Waals surface area contributed by atoms with E-state index in [0.29, 0.717) is 4.47 Å². The Hall–Kier alpha value is -1.30. The highest BCUT2D eigenvalue weighted by atomic mass is 79.9. The van der Waals surface area contributed by atoms with Gasteiger partial charge in [0.05, 0.1) is 0 Å². The number of carbonyl (C=O) groups is 1. The molecule has 1 aromatic carbocycles. The lowest BCUT2D eigenvalue weighted by molar-refractivity contribution is 0.0475. The predicted octanol–water partition coefficient (Wildman–Crippen LogP) is 4.06. The topological polar surface area (TPSA) is 50.4 Å². The van der Waals surface area contributed by atoms with Gasteiger partial charge in [-0.2, -0.15) is 0 Å². The monoisotopic (exact) mass is 358 g/mol. The van der Waals surface area contributed by atoms with E-state index in [-0.39, 0.29) is 24.0 Å². The number of alkyl carbamates (subject to hydrolysis) is 1. The summed E-state index contributed by atoms with van der Waals surface area (Å²) < 4.78 is 19.2. The maximum absolute atomic E-state index is 13.3. The standard InChI is InChI=1S/C15H20BrFN2O2/c1-15(2,3)21-14(20)19-13-7-12(8-13)18-11-5-9(16)4-10(17)6-11/h4-6,12-13,18H,7-8H2,1-3H3,(H,19,20). The Morgan fingerprint density at radius 1 is 1.29 bits per heavy atom. The van der Waals surface area contributed by atoms with Crippen LogP contribution in [0.1, 0.15) is 33.6 Å². The molecule has 1 aromatic rings. The van der Waals surface area contributed by atoms with Crippen molar-refractivity contribution in [3.05, 3.63) is 28.5 Å². The average molecular weight is 359 g/mol. The maximum Gasteiger partial charge on any atom is 0.407 e. The summed E-state index contributed by atoms with van der Waals surface area (Å²) in [7, 11) is 0. The molecule has 0 atom stereocenters. The number of benzene rings is 1. The van der Waals surface area contributed by atoms with Gasteiger partial charge < -0.3 is 15.4 Å². The fourth-order valence-corrected chi connectivity index (χ4v) is 2.67. The summed E-state index contributed by atoms with van der Waals surface area (Å²) in [5, 5.41) is 6.08. The molecule has 2 N–H and O–H groups in total. The van der Waals surface area contributed by atoms with Gasteiger partial charge in [-0.3, -0.25) is 0 Å². The van der Waals surface area contributed by atoms with E-state index in [4.69, 9.17) is 4.74 Å². The van der Waals surface area contributed by atoms with Crippen LogP contribution in [0.3, 0.4) is 0 Å². The SMILES string of the molecule is CC(C)(C)OC(=O)NC1CC(Nc2cc(F)cc(Br)c2)C1. The van der Waals surface area contributed by atoms with Gasteiger partial charge in [0.2, 0.25) is 0 Å². The van der Waals surface area contributed by atoms with Gasteiger partial charge >= 0.3 is 6.09 Å². The third-order valence-electron chi connectivity index (χ3n) is 3.09. The van der Waals surface area contributed by atoms with Crippen LogP contribution in [0.5, 0.6) is 0 Å². The summed E-state index contributed by atoms with van der Waals surface area (Å²) >= 11 is 3.26. The molecule has 0 radical (unpaired) electrons.